The summed E-state index contributed by atoms with van der Waals surface area (Å²) < 4.78 is 32.7. The van der Waals surface area contributed by atoms with E-state index in [1.165, 1.54) is 0 Å². The van der Waals surface area contributed by atoms with Crippen molar-refractivity contribution in [3.8, 4) is 0 Å². The van der Waals surface area contributed by atoms with E-state index in [1.54, 1.807) is 27.7 Å². The van der Waals surface area contributed by atoms with Crippen molar-refractivity contribution in [1.82, 2.24) is 0 Å². The molecule has 1 aromatic rings. The molecule has 13 heteroatoms. The van der Waals surface area contributed by atoms with Gasteiger partial charge < -0.3 is 10.4 Å². The predicted octanol–water partition coefficient (Wildman–Crippen LogP) is -0.557. The zero-order valence-electron chi connectivity index (χ0n) is 14.6. The van der Waals surface area contributed by atoms with Crippen LogP contribution >= 0.6 is 0 Å². The molecule has 0 heterocycles. The summed E-state index contributed by atoms with van der Waals surface area (Å²) in [5.74, 6) is 0. The molecule has 0 amide bonds. The first-order chi connectivity index (χ1) is 11.5. The third-order valence-corrected chi connectivity index (χ3v) is 2.81. The van der Waals surface area contributed by atoms with Crippen molar-refractivity contribution in [3.05, 3.63) is 24.3 Å². The van der Waals surface area contributed by atoms with Gasteiger partial charge in [0.05, 0.1) is 49.1 Å². The fourth-order valence-corrected chi connectivity index (χ4v) is 1.32. The summed E-state index contributed by atoms with van der Waals surface area (Å²) in [4.78, 5) is 8.77. The van der Waals surface area contributed by atoms with Crippen LogP contribution in [0.5, 0.6) is 0 Å². The van der Waals surface area contributed by atoms with Gasteiger partial charge in [0.1, 0.15) is 0 Å². The molecule has 10 nitrogen and oxygen atoms in total. The number of aliphatic imine (C=N–C) groups is 2. The number of hydrogen-bond donors (Lipinski definition) is 3. The van der Waals surface area contributed by atoms with Gasteiger partial charge in [-0.2, -0.15) is 14.0 Å². The topological polar surface area (TPSA) is 179 Å². The van der Waals surface area contributed by atoms with Crippen LogP contribution in [0.1, 0.15) is 27.7 Å². The summed E-state index contributed by atoms with van der Waals surface area (Å²) in [6, 6.07) is 7.31. The minimum atomic E-state index is -4.69. The summed E-state index contributed by atoms with van der Waals surface area (Å²) in [6.45, 7) is 6.84. The fourth-order valence-electron chi connectivity index (χ4n) is 1.32. The molecule has 0 atom stereocenters. The van der Waals surface area contributed by atoms with Crippen molar-refractivity contribution in [1.29, 1.82) is 0 Å². The van der Waals surface area contributed by atoms with Gasteiger partial charge >= 0.3 is 34.1 Å². The Kier molecular flexibility index (Phi) is 16.5. The van der Waals surface area contributed by atoms with Crippen LogP contribution in [0.2, 0.25) is 0 Å². The van der Waals surface area contributed by atoms with Crippen molar-refractivity contribution in [2.75, 3.05) is 0 Å². The summed E-state index contributed by atoms with van der Waals surface area (Å²) in [5.41, 5.74) is 3.37. The van der Waals surface area contributed by atoms with Crippen molar-refractivity contribution < 1.29 is 73.4 Å². The molecule has 0 aliphatic heterocycles. The van der Waals surface area contributed by atoms with Gasteiger partial charge in [0, 0.05) is 0 Å². The summed E-state index contributed by atoms with van der Waals surface area (Å²) in [7, 11) is -4.69. The SMILES string of the molecule is CC(=Nc1ccccc1N=C(C)/C(C)=N\O)/C(C)=N\O.[Cu+2].[Cu+2].[O-][Cl+3]([O-])([O-])O. The molecule has 0 unspecified atom stereocenters. The third kappa shape index (κ3) is 14.4. The Morgan fingerprint density at radius 2 is 1.00 bits per heavy atom. The second kappa shape index (κ2) is 14.7. The van der Waals surface area contributed by atoms with Crippen LogP contribution in [0.3, 0.4) is 0 Å². The molecule has 3 N–H and O–H groups in total. The molecule has 0 aromatic heterocycles. The molecule has 0 bridgehead atoms. The molecule has 156 valence electrons. The summed E-state index contributed by atoms with van der Waals surface area (Å²) in [5, 5.41) is 23.7. The van der Waals surface area contributed by atoms with E-state index in [2.05, 4.69) is 20.3 Å². The number of hydrogen-bond acceptors (Lipinski definition) is 10. The van der Waals surface area contributed by atoms with Gasteiger partial charge in [0.25, 0.3) is 0 Å². The van der Waals surface area contributed by atoms with E-state index in [1.807, 2.05) is 24.3 Å². The van der Waals surface area contributed by atoms with Crippen LogP contribution < -0.4 is 14.0 Å². The molecular weight excluding hydrogens is 483 g/mol. The standard InChI is InChI=1S/C14H18N4O2.ClHO4.2Cu/c1-9(11(3)17-19)15-13-7-5-6-8-14(13)16-10(2)12(4)18-20;2-1(3,4)5;;/h5-8,19-20H,1-4H3;(H,2,3,4,5);;/q;;2*+2/b15-9?,16-10?,17-11-,18-12-;;;. The quantitative estimate of drug-likeness (QED) is 0.215. The number of halogens is 1. The Bertz CT molecular complexity index is 646. The van der Waals surface area contributed by atoms with Crippen molar-refractivity contribution in [3.63, 3.8) is 0 Å². The largest absolute Gasteiger partial charge is 2.00 e. The number of para-hydroxylation sites is 2. The van der Waals surface area contributed by atoms with Gasteiger partial charge in [-0.05, 0) is 39.8 Å². The Hall–Kier alpha value is -1.33. The average Bonchev–Trinajstić information content (AvgIpc) is 2.53. The van der Waals surface area contributed by atoms with Gasteiger partial charge in [-0.3, -0.25) is 0 Å². The van der Waals surface area contributed by atoms with E-state index in [0.29, 0.717) is 34.2 Å². The van der Waals surface area contributed by atoms with Crippen molar-refractivity contribution in [2.24, 2.45) is 20.3 Å². The molecule has 0 saturated heterocycles. The number of rotatable bonds is 4. The first-order valence-electron chi connectivity index (χ1n) is 6.70. The first kappa shape index (κ1) is 30.4. The monoisotopic (exact) mass is 500 g/mol. The summed E-state index contributed by atoms with van der Waals surface area (Å²) >= 11 is 0. The molecule has 0 fully saturated rings. The predicted molar refractivity (Wildman–Crippen MR) is 84.0 cm³/mol. The van der Waals surface area contributed by atoms with Gasteiger partial charge in [-0.15, -0.1) is 0 Å². The zero-order chi connectivity index (χ0) is 19.6. The second-order valence-electron chi connectivity index (χ2n) is 4.65. The third-order valence-electron chi connectivity index (χ3n) is 2.81. The maximum Gasteiger partial charge on any atom is 2.00 e. The van der Waals surface area contributed by atoms with E-state index in [0.717, 1.165) is 0 Å². The normalized spacial score (nSPS) is 13.0. The van der Waals surface area contributed by atoms with Crippen LogP contribution in [-0.2, 0) is 34.1 Å². The van der Waals surface area contributed by atoms with Gasteiger partial charge in [0.2, 0.25) is 0 Å². The Labute approximate surface area is 179 Å². The fraction of sp³-hybridized carbons (Fsp3) is 0.286. The molecular formula is C14H19ClCu2N4O6+4. The van der Waals surface area contributed by atoms with E-state index < -0.39 is 10.2 Å². The minimum Gasteiger partial charge on any atom is -0.411 e. The second-order valence-corrected chi connectivity index (χ2v) is 5.44. The van der Waals surface area contributed by atoms with Crippen LogP contribution in [0.25, 0.3) is 0 Å². The van der Waals surface area contributed by atoms with E-state index in [-0.39, 0.29) is 34.1 Å². The van der Waals surface area contributed by atoms with E-state index in [4.69, 9.17) is 29.1 Å². The average molecular weight is 502 g/mol. The smallest absolute Gasteiger partial charge is 0.411 e. The molecule has 1 rings (SSSR count). The molecule has 27 heavy (non-hydrogen) atoms. The zero-order valence-corrected chi connectivity index (χ0v) is 17.3. The molecule has 2 radical (unpaired) electrons. The number of nitrogens with zero attached hydrogens (tertiary/aromatic N) is 4. The molecule has 1 aromatic carbocycles. The molecule has 0 spiro atoms. The van der Waals surface area contributed by atoms with Crippen molar-refractivity contribution >= 4 is 34.2 Å². The minimum absolute atomic E-state index is 0. The maximum atomic E-state index is 8.74. The van der Waals surface area contributed by atoms with Crippen LogP contribution in [0.4, 0.5) is 11.4 Å². The van der Waals surface area contributed by atoms with Crippen LogP contribution in [0, 0.1) is 10.2 Å². The van der Waals surface area contributed by atoms with Crippen LogP contribution in [0.15, 0.2) is 44.6 Å². The first-order valence-corrected chi connectivity index (χ1v) is 7.96. The Morgan fingerprint density at radius 1 is 0.741 bits per heavy atom. The van der Waals surface area contributed by atoms with Gasteiger partial charge in [0.15, 0.2) is 0 Å². The molecule has 0 saturated carbocycles. The molecule has 0 aliphatic carbocycles. The van der Waals surface area contributed by atoms with Crippen LogP contribution in [-0.4, -0.2) is 37.9 Å². The van der Waals surface area contributed by atoms with E-state index >= 15 is 0 Å². The Balaban J connectivity index is -0.000000729. The Morgan fingerprint density at radius 3 is 1.22 bits per heavy atom. The maximum absolute atomic E-state index is 8.74. The molecule has 0 aliphatic rings. The van der Waals surface area contributed by atoms with Gasteiger partial charge in [-0.1, -0.05) is 22.4 Å². The summed E-state index contributed by atoms with van der Waals surface area (Å²) in [6.07, 6.45) is 0. The number of oxime groups is 2. The van der Waals surface area contributed by atoms with Crippen molar-refractivity contribution in [2.45, 2.75) is 27.7 Å². The van der Waals surface area contributed by atoms with Gasteiger partial charge in [-0.25, -0.2) is 9.98 Å². The number of benzene rings is 1. The van der Waals surface area contributed by atoms with E-state index in [9.17, 15) is 0 Å².